The van der Waals surface area contributed by atoms with Crippen LogP contribution in [0.4, 0.5) is 0 Å². The van der Waals surface area contributed by atoms with E-state index < -0.39 is 0 Å². The average Bonchev–Trinajstić information content (AvgIpc) is 2.76. The van der Waals surface area contributed by atoms with Gasteiger partial charge in [0.15, 0.2) is 4.77 Å². The van der Waals surface area contributed by atoms with Crippen LogP contribution in [0.15, 0.2) is 27.6 Å². The lowest BCUT2D eigenvalue weighted by Gasteiger charge is -2.06. The van der Waals surface area contributed by atoms with Crippen LogP contribution in [0.2, 0.25) is 0 Å². The number of aromatic nitrogens is 2. The molecule has 0 saturated carbocycles. The first-order chi connectivity index (χ1) is 8.20. The molecule has 0 amide bonds. The molecule has 0 aliphatic carbocycles. The van der Waals surface area contributed by atoms with Crippen molar-refractivity contribution in [2.24, 2.45) is 0 Å². The number of hydrogen-bond acceptors (Lipinski definition) is 3. The van der Waals surface area contributed by atoms with Crippen molar-refractivity contribution in [1.29, 1.82) is 0 Å². The average molecular weight is 250 g/mol. The number of hydrogen-bond donors (Lipinski definition) is 2. The molecule has 90 valence electrons. The van der Waals surface area contributed by atoms with Gasteiger partial charge in [0.25, 0.3) is 5.56 Å². The summed E-state index contributed by atoms with van der Waals surface area (Å²) in [6.07, 6.45) is 3.86. The summed E-state index contributed by atoms with van der Waals surface area (Å²) in [7, 11) is 0. The summed E-state index contributed by atoms with van der Waals surface area (Å²) >= 11 is 4.97. The standard InChI is InChI=1S/C12H14N2O2S/c1-2-4-10-9(7-8-5-3-6-16-8)11(15)14-12(17)13-10/h3,5-6H,2,4,7H2,1H3,(H2,13,14,15,17). The normalized spacial score (nSPS) is 10.6. The maximum atomic E-state index is 11.9. The number of aromatic amines is 2. The summed E-state index contributed by atoms with van der Waals surface area (Å²) in [5.41, 5.74) is 1.47. The predicted molar refractivity (Wildman–Crippen MR) is 67.8 cm³/mol. The highest BCUT2D eigenvalue weighted by atomic mass is 32.1. The topological polar surface area (TPSA) is 61.8 Å². The lowest BCUT2D eigenvalue weighted by atomic mass is 10.1. The Morgan fingerprint density at radius 1 is 1.41 bits per heavy atom. The molecule has 2 aromatic rings. The highest BCUT2D eigenvalue weighted by Crippen LogP contribution is 2.10. The largest absolute Gasteiger partial charge is 0.469 e. The highest BCUT2D eigenvalue weighted by Gasteiger charge is 2.10. The molecular weight excluding hydrogens is 236 g/mol. The molecule has 2 heterocycles. The Morgan fingerprint density at radius 3 is 2.88 bits per heavy atom. The number of furan rings is 1. The van der Waals surface area contributed by atoms with Crippen molar-refractivity contribution in [1.82, 2.24) is 9.97 Å². The number of H-pyrrole nitrogens is 2. The van der Waals surface area contributed by atoms with Gasteiger partial charge in [0.1, 0.15) is 5.76 Å². The van der Waals surface area contributed by atoms with Gasteiger partial charge in [-0.2, -0.15) is 0 Å². The van der Waals surface area contributed by atoms with Crippen molar-refractivity contribution in [2.45, 2.75) is 26.2 Å². The van der Waals surface area contributed by atoms with Crippen LogP contribution >= 0.6 is 12.2 Å². The smallest absolute Gasteiger partial charge is 0.255 e. The van der Waals surface area contributed by atoms with Crippen LogP contribution in [0.1, 0.15) is 30.4 Å². The first-order valence-electron chi connectivity index (χ1n) is 5.57. The molecule has 0 bridgehead atoms. The van der Waals surface area contributed by atoms with E-state index in [1.807, 2.05) is 12.1 Å². The van der Waals surface area contributed by atoms with Crippen molar-refractivity contribution in [3.05, 3.63) is 50.5 Å². The molecule has 4 nitrogen and oxygen atoms in total. The molecule has 0 unspecified atom stereocenters. The molecule has 0 atom stereocenters. The van der Waals surface area contributed by atoms with Crippen molar-refractivity contribution >= 4 is 12.2 Å². The van der Waals surface area contributed by atoms with Crippen molar-refractivity contribution in [3.8, 4) is 0 Å². The van der Waals surface area contributed by atoms with Crippen LogP contribution in [0.5, 0.6) is 0 Å². The summed E-state index contributed by atoms with van der Waals surface area (Å²) in [4.78, 5) is 17.5. The van der Waals surface area contributed by atoms with Gasteiger partial charge in [0.2, 0.25) is 0 Å². The maximum Gasteiger partial charge on any atom is 0.255 e. The summed E-state index contributed by atoms with van der Waals surface area (Å²) < 4.78 is 5.64. The molecule has 0 fully saturated rings. The van der Waals surface area contributed by atoms with Crippen LogP contribution in [-0.2, 0) is 12.8 Å². The Labute approximate surface area is 104 Å². The quantitative estimate of drug-likeness (QED) is 0.820. The van der Waals surface area contributed by atoms with Crippen molar-refractivity contribution in [2.75, 3.05) is 0 Å². The zero-order valence-electron chi connectivity index (χ0n) is 9.58. The van der Waals surface area contributed by atoms with Crippen LogP contribution < -0.4 is 5.56 Å². The van der Waals surface area contributed by atoms with Gasteiger partial charge in [0.05, 0.1) is 6.26 Å². The molecule has 2 N–H and O–H groups in total. The first-order valence-corrected chi connectivity index (χ1v) is 5.98. The molecule has 0 radical (unpaired) electrons. The van der Waals surface area contributed by atoms with E-state index >= 15 is 0 Å². The summed E-state index contributed by atoms with van der Waals surface area (Å²) in [6, 6.07) is 3.67. The lowest BCUT2D eigenvalue weighted by molar-refractivity contribution is 0.519. The highest BCUT2D eigenvalue weighted by molar-refractivity contribution is 7.71. The summed E-state index contributed by atoms with van der Waals surface area (Å²) in [5, 5.41) is 0. The molecule has 0 spiro atoms. The number of aryl methyl sites for hydroxylation is 1. The Morgan fingerprint density at radius 2 is 2.24 bits per heavy atom. The fraction of sp³-hybridized carbons (Fsp3) is 0.333. The van der Waals surface area contributed by atoms with E-state index in [1.165, 1.54) is 0 Å². The Balaban J connectivity index is 2.44. The minimum absolute atomic E-state index is 0.131. The molecule has 0 aliphatic heterocycles. The van der Waals surface area contributed by atoms with Gasteiger partial charge < -0.3 is 9.40 Å². The van der Waals surface area contributed by atoms with Gasteiger partial charge in [-0.3, -0.25) is 9.78 Å². The molecule has 2 aromatic heterocycles. The monoisotopic (exact) mass is 250 g/mol. The fourth-order valence-electron chi connectivity index (χ4n) is 1.80. The molecule has 5 heteroatoms. The SMILES string of the molecule is CCCc1[nH]c(=S)[nH]c(=O)c1Cc1ccco1. The Bertz CT molecular complexity index is 596. The van der Waals surface area contributed by atoms with Crippen LogP contribution in [0.25, 0.3) is 0 Å². The van der Waals surface area contributed by atoms with E-state index in [2.05, 4.69) is 16.9 Å². The van der Waals surface area contributed by atoms with E-state index in [1.54, 1.807) is 6.26 Å². The Hall–Kier alpha value is -1.62. The fourth-order valence-corrected chi connectivity index (χ4v) is 2.01. The van der Waals surface area contributed by atoms with Crippen LogP contribution in [0, 0.1) is 4.77 Å². The van der Waals surface area contributed by atoms with E-state index in [0.717, 1.165) is 24.3 Å². The summed E-state index contributed by atoms with van der Waals surface area (Å²) in [6.45, 7) is 2.06. The van der Waals surface area contributed by atoms with Gasteiger partial charge >= 0.3 is 0 Å². The van der Waals surface area contributed by atoms with Gasteiger partial charge in [-0.05, 0) is 30.8 Å². The first kappa shape index (κ1) is 11.9. The minimum Gasteiger partial charge on any atom is -0.469 e. The second-order valence-electron chi connectivity index (χ2n) is 3.87. The maximum absolute atomic E-state index is 11.9. The molecular formula is C12H14N2O2S. The van der Waals surface area contributed by atoms with Crippen LogP contribution in [0.3, 0.4) is 0 Å². The molecule has 0 saturated heterocycles. The van der Waals surface area contributed by atoms with E-state index in [9.17, 15) is 4.79 Å². The van der Waals surface area contributed by atoms with Gasteiger partial charge in [-0.15, -0.1) is 0 Å². The zero-order chi connectivity index (χ0) is 12.3. The van der Waals surface area contributed by atoms with Gasteiger partial charge in [0, 0.05) is 17.7 Å². The predicted octanol–water partition coefficient (Wildman–Crippen LogP) is 2.57. The molecule has 0 aliphatic rings. The number of rotatable bonds is 4. The summed E-state index contributed by atoms with van der Waals surface area (Å²) in [5.74, 6) is 0.776. The molecule has 2 rings (SSSR count). The van der Waals surface area contributed by atoms with E-state index in [4.69, 9.17) is 16.6 Å². The van der Waals surface area contributed by atoms with Crippen LogP contribution in [-0.4, -0.2) is 9.97 Å². The molecule has 17 heavy (non-hydrogen) atoms. The van der Waals surface area contributed by atoms with E-state index in [0.29, 0.717) is 16.8 Å². The van der Waals surface area contributed by atoms with E-state index in [-0.39, 0.29) is 5.56 Å². The third kappa shape index (κ3) is 2.74. The third-order valence-corrected chi connectivity index (χ3v) is 2.77. The van der Waals surface area contributed by atoms with Crippen molar-refractivity contribution in [3.63, 3.8) is 0 Å². The van der Waals surface area contributed by atoms with Crippen molar-refractivity contribution < 1.29 is 4.42 Å². The van der Waals surface area contributed by atoms with Gasteiger partial charge in [-0.1, -0.05) is 13.3 Å². The molecule has 0 aromatic carbocycles. The second-order valence-corrected chi connectivity index (χ2v) is 4.28. The minimum atomic E-state index is -0.131. The lowest BCUT2D eigenvalue weighted by Crippen LogP contribution is -2.18. The Kier molecular flexibility index (Phi) is 3.58. The zero-order valence-corrected chi connectivity index (χ0v) is 10.4. The second kappa shape index (κ2) is 5.14. The van der Waals surface area contributed by atoms with Gasteiger partial charge in [-0.25, -0.2) is 0 Å². The number of nitrogens with one attached hydrogen (secondary N) is 2. The third-order valence-electron chi connectivity index (χ3n) is 2.56.